The van der Waals surface area contributed by atoms with Crippen LogP contribution in [0.5, 0.6) is 0 Å². The van der Waals surface area contributed by atoms with E-state index in [9.17, 15) is 9.90 Å². The number of aliphatic hydroxyl groups excluding tert-OH is 1. The number of hydrogen-bond donors (Lipinski definition) is 1. The van der Waals surface area contributed by atoms with Crippen molar-refractivity contribution in [2.24, 2.45) is 5.92 Å². The summed E-state index contributed by atoms with van der Waals surface area (Å²) < 4.78 is 5.28. The molecule has 6 heteroatoms. The Morgan fingerprint density at radius 3 is 2.60 bits per heavy atom. The van der Waals surface area contributed by atoms with Crippen LogP contribution in [-0.2, 0) is 4.74 Å². The van der Waals surface area contributed by atoms with Gasteiger partial charge in [-0.15, -0.1) is 0 Å². The average molecular weight is 279 g/mol. The molecule has 20 heavy (non-hydrogen) atoms. The maximum atomic E-state index is 11.8. The molecule has 0 spiro atoms. The molecule has 1 amide bonds. The second-order valence-corrected chi connectivity index (χ2v) is 6.11. The van der Waals surface area contributed by atoms with E-state index in [1.165, 1.54) is 0 Å². The van der Waals surface area contributed by atoms with E-state index in [0.29, 0.717) is 25.3 Å². The fraction of sp³-hybridized carbons (Fsp3) is 0.643. The fourth-order valence-electron chi connectivity index (χ4n) is 2.10. The number of ether oxygens (including phenoxy) is 1. The van der Waals surface area contributed by atoms with Crippen molar-refractivity contribution >= 4 is 6.09 Å². The molecule has 1 aromatic heterocycles. The van der Waals surface area contributed by atoms with Gasteiger partial charge in [-0.3, -0.25) is 0 Å². The Bertz CT molecular complexity index is 452. The predicted octanol–water partition coefficient (Wildman–Crippen LogP) is 1.77. The Kier molecular flexibility index (Phi) is 4.23. The van der Waals surface area contributed by atoms with E-state index in [4.69, 9.17) is 4.74 Å². The van der Waals surface area contributed by atoms with E-state index in [1.54, 1.807) is 23.4 Å². The fourth-order valence-corrected chi connectivity index (χ4v) is 2.10. The quantitative estimate of drug-likeness (QED) is 0.912. The lowest BCUT2D eigenvalue weighted by Gasteiger charge is -2.40. The van der Waals surface area contributed by atoms with Gasteiger partial charge in [-0.2, -0.15) is 0 Å². The normalized spacial score (nSPS) is 17.5. The Morgan fingerprint density at radius 1 is 1.45 bits per heavy atom. The first kappa shape index (κ1) is 14.7. The van der Waals surface area contributed by atoms with Crippen LogP contribution in [0.15, 0.2) is 18.5 Å². The SMILES string of the molecule is CC(C)(C)OC(=O)N1CC(CC(O)c2ncccn2)C1. The highest BCUT2D eigenvalue weighted by Crippen LogP contribution is 2.27. The van der Waals surface area contributed by atoms with Crippen LogP contribution in [-0.4, -0.2) is 44.8 Å². The topological polar surface area (TPSA) is 75.5 Å². The van der Waals surface area contributed by atoms with Gasteiger partial charge in [0.25, 0.3) is 0 Å². The van der Waals surface area contributed by atoms with Crippen molar-refractivity contribution in [1.29, 1.82) is 0 Å². The van der Waals surface area contributed by atoms with Gasteiger partial charge >= 0.3 is 6.09 Å². The van der Waals surface area contributed by atoms with Crippen molar-refractivity contribution < 1.29 is 14.6 Å². The van der Waals surface area contributed by atoms with Gasteiger partial charge in [0, 0.05) is 25.5 Å². The predicted molar refractivity (Wildman–Crippen MR) is 72.9 cm³/mol. The number of rotatable bonds is 3. The number of carbonyl (C=O) groups is 1. The number of amides is 1. The summed E-state index contributed by atoms with van der Waals surface area (Å²) in [5.74, 6) is 0.699. The van der Waals surface area contributed by atoms with Crippen LogP contribution in [0.25, 0.3) is 0 Å². The monoisotopic (exact) mass is 279 g/mol. The van der Waals surface area contributed by atoms with Gasteiger partial charge in [0.1, 0.15) is 11.7 Å². The summed E-state index contributed by atoms with van der Waals surface area (Å²) in [5.41, 5.74) is -0.473. The maximum Gasteiger partial charge on any atom is 0.410 e. The summed E-state index contributed by atoms with van der Waals surface area (Å²) in [6.45, 7) is 6.76. The number of aliphatic hydroxyl groups is 1. The molecule has 2 heterocycles. The first-order valence-corrected chi connectivity index (χ1v) is 6.78. The van der Waals surface area contributed by atoms with Crippen LogP contribution in [0.1, 0.15) is 39.1 Å². The summed E-state index contributed by atoms with van der Waals surface area (Å²) in [5, 5.41) is 10.0. The lowest BCUT2D eigenvalue weighted by molar-refractivity contribution is -0.0103. The average Bonchev–Trinajstić information content (AvgIpc) is 2.31. The summed E-state index contributed by atoms with van der Waals surface area (Å²) in [6.07, 6.45) is 2.81. The third-order valence-electron chi connectivity index (χ3n) is 3.05. The zero-order valence-electron chi connectivity index (χ0n) is 12.1. The molecule has 6 nitrogen and oxygen atoms in total. The van der Waals surface area contributed by atoms with Gasteiger partial charge in [0.15, 0.2) is 5.82 Å². The second kappa shape index (κ2) is 5.75. The molecule has 0 saturated carbocycles. The van der Waals surface area contributed by atoms with E-state index >= 15 is 0 Å². The van der Waals surface area contributed by atoms with Crippen LogP contribution in [0.3, 0.4) is 0 Å². The first-order chi connectivity index (χ1) is 9.35. The van der Waals surface area contributed by atoms with Gasteiger partial charge in [-0.25, -0.2) is 14.8 Å². The van der Waals surface area contributed by atoms with Crippen LogP contribution in [0.4, 0.5) is 4.79 Å². The molecule has 1 unspecified atom stereocenters. The third kappa shape index (κ3) is 3.90. The first-order valence-electron chi connectivity index (χ1n) is 6.78. The van der Waals surface area contributed by atoms with E-state index in [-0.39, 0.29) is 12.0 Å². The molecule has 2 rings (SSSR count). The highest BCUT2D eigenvalue weighted by molar-refractivity contribution is 5.69. The molecule has 1 aromatic rings. The second-order valence-electron chi connectivity index (χ2n) is 6.11. The Morgan fingerprint density at radius 2 is 2.05 bits per heavy atom. The van der Waals surface area contributed by atoms with Crippen molar-refractivity contribution in [3.8, 4) is 0 Å². The molecule has 0 aliphatic carbocycles. The van der Waals surface area contributed by atoms with Crippen LogP contribution >= 0.6 is 0 Å². The number of carbonyl (C=O) groups excluding carboxylic acids is 1. The minimum absolute atomic E-state index is 0.265. The molecule has 0 radical (unpaired) electrons. The number of aromatic nitrogens is 2. The van der Waals surface area contributed by atoms with Crippen molar-refractivity contribution in [2.75, 3.05) is 13.1 Å². The molecule has 1 fully saturated rings. The molecule has 1 saturated heterocycles. The third-order valence-corrected chi connectivity index (χ3v) is 3.05. The van der Waals surface area contributed by atoms with E-state index in [2.05, 4.69) is 9.97 Å². The minimum Gasteiger partial charge on any atom is -0.444 e. The van der Waals surface area contributed by atoms with Crippen molar-refractivity contribution in [1.82, 2.24) is 14.9 Å². The lowest BCUT2D eigenvalue weighted by Crippen LogP contribution is -2.51. The minimum atomic E-state index is -0.679. The van der Waals surface area contributed by atoms with E-state index < -0.39 is 11.7 Å². The van der Waals surface area contributed by atoms with Crippen LogP contribution in [0.2, 0.25) is 0 Å². The molecule has 110 valence electrons. The number of likely N-dealkylation sites (tertiary alicyclic amines) is 1. The van der Waals surface area contributed by atoms with Gasteiger partial charge in [0.2, 0.25) is 0 Å². The molecular weight excluding hydrogens is 258 g/mol. The molecular formula is C14H21N3O3. The van der Waals surface area contributed by atoms with Crippen molar-refractivity contribution in [3.05, 3.63) is 24.3 Å². The van der Waals surface area contributed by atoms with Gasteiger partial charge in [-0.05, 0) is 39.2 Å². The van der Waals surface area contributed by atoms with E-state index in [0.717, 1.165) is 0 Å². The molecule has 1 aliphatic heterocycles. The van der Waals surface area contributed by atoms with Gasteiger partial charge in [0.05, 0.1) is 0 Å². The van der Waals surface area contributed by atoms with Crippen molar-refractivity contribution in [2.45, 2.75) is 38.9 Å². The van der Waals surface area contributed by atoms with Crippen LogP contribution < -0.4 is 0 Å². The summed E-state index contributed by atoms with van der Waals surface area (Å²) in [7, 11) is 0. The Labute approximate surface area is 118 Å². The number of hydrogen-bond acceptors (Lipinski definition) is 5. The van der Waals surface area contributed by atoms with Gasteiger partial charge in [-0.1, -0.05) is 0 Å². The lowest BCUT2D eigenvalue weighted by atomic mass is 9.93. The van der Waals surface area contributed by atoms with Gasteiger partial charge < -0.3 is 14.7 Å². The maximum absolute atomic E-state index is 11.8. The molecule has 1 atom stereocenters. The standard InChI is InChI=1S/C14H21N3O3/c1-14(2,3)20-13(19)17-8-10(9-17)7-11(18)12-15-5-4-6-16-12/h4-6,10-11,18H,7-9H2,1-3H3. The summed E-state index contributed by atoms with van der Waals surface area (Å²) >= 11 is 0. The highest BCUT2D eigenvalue weighted by atomic mass is 16.6. The Balaban J connectivity index is 1.76. The Hall–Kier alpha value is -1.69. The van der Waals surface area contributed by atoms with Crippen molar-refractivity contribution in [3.63, 3.8) is 0 Å². The molecule has 1 aliphatic rings. The smallest absolute Gasteiger partial charge is 0.410 e. The van der Waals surface area contributed by atoms with E-state index in [1.807, 2.05) is 20.8 Å². The van der Waals surface area contributed by atoms with Crippen LogP contribution in [0, 0.1) is 5.92 Å². The zero-order valence-corrected chi connectivity index (χ0v) is 12.1. The highest BCUT2D eigenvalue weighted by Gasteiger charge is 2.35. The summed E-state index contributed by atoms with van der Waals surface area (Å²) in [4.78, 5) is 21.5. The molecule has 0 aromatic carbocycles. The molecule has 1 N–H and O–H groups in total. The largest absolute Gasteiger partial charge is 0.444 e. The molecule has 0 bridgehead atoms. The summed E-state index contributed by atoms with van der Waals surface area (Å²) in [6, 6.07) is 1.71. The zero-order chi connectivity index (χ0) is 14.8. The number of nitrogens with zero attached hydrogens (tertiary/aromatic N) is 3.